The van der Waals surface area contributed by atoms with Gasteiger partial charge in [-0.15, -0.1) is 0 Å². The second kappa shape index (κ2) is 8.02. The fourth-order valence-electron chi connectivity index (χ4n) is 4.22. The van der Waals surface area contributed by atoms with Crippen molar-refractivity contribution in [3.63, 3.8) is 0 Å². The van der Waals surface area contributed by atoms with Crippen LogP contribution in [0.25, 0.3) is 0 Å². The average molecular weight is 400 g/mol. The lowest BCUT2D eigenvalue weighted by Crippen LogP contribution is -2.54. The van der Waals surface area contributed by atoms with Crippen LogP contribution in [-0.2, 0) is 16.1 Å². The minimum absolute atomic E-state index is 0.0122. The number of carbonyl (C=O) groups is 4. The third-order valence-electron chi connectivity index (χ3n) is 5.69. The van der Waals surface area contributed by atoms with E-state index in [0.717, 1.165) is 30.0 Å². The summed E-state index contributed by atoms with van der Waals surface area (Å²) >= 11 is 0. The Balaban J connectivity index is 1.52. The third-order valence-corrected chi connectivity index (χ3v) is 5.69. The van der Waals surface area contributed by atoms with Crippen LogP contribution in [0.2, 0.25) is 0 Å². The summed E-state index contributed by atoms with van der Waals surface area (Å²) in [5.74, 6) is -1.99. The molecule has 2 saturated heterocycles. The Bertz CT molecular complexity index is 870. The van der Waals surface area contributed by atoms with Crippen molar-refractivity contribution in [2.24, 2.45) is 0 Å². The summed E-state index contributed by atoms with van der Waals surface area (Å²) in [5.41, 5.74) is 1.48. The van der Waals surface area contributed by atoms with Gasteiger partial charge in [-0.25, -0.2) is 0 Å². The molecule has 0 aromatic heterocycles. The highest BCUT2D eigenvalue weighted by atomic mass is 16.3. The summed E-state index contributed by atoms with van der Waals surface area (Å²) < 4.78 is 0. The summed E-state index contributed by atoms with van der Waals surface area (Å²) in [6, 6.07) is 4.23. The Hall–Kier alpha value is -2.62. The molecule has 9 heteroatoms. The van der Waals surface area contributed by atoms with Gasteiger partial charge in [-0.1, -0.05) is 6.07 Å². The molecule has 29 heavy (non-hydrogen) atoms. The number of hydrogen-bond acceptors (Lipinski definition) is 7. The van der Waals surface area contributed by atoms with Gasteiger partial charge in [-0.3, -0.25) is 34.3 Å². The summed E-state index contributed by atoms with van der Waals surface area (Å²) in [7, 11) is 0. The number of amides is 4. The van der Waals surface area contributed by atoms with E-state index in [4.69, 9.17) is 0 Å². The molecule has 154 valence electrons. The van der Waals surface area contributed by atoms with Crippen LogP contribution in [-0.4, -0.2) is 76.9 Å². The van der Waals surface area contributed by atoms with Crippen LogP contribution in [0.1, 0.15) is 45.5 Å². The lowest BCUT2D eigenvalue weighted by atomic mass is 10.0. The first-order chi connectivity index (χ1) is 14.0. The number of nitrogens with zero attached hydrogens (tertiary/aromatic N) is 2. The average Bonchev–Trinajstić information content (AvgIpc) is 2.85. The van der Waals surface area contributed by atoms with Crippen molar-refractivity contribution in [3.8, 4) is 0 Å². The van der Waals surface area contributed by atoms with Crippen molar-refractivity contribution in [1.82, 2.24) is 20.4 Å². The van der Waals surface area contributed by atoms with Crippen molar-refractivity contribution in [2.45, 2.75) is 37.9 Å². The number of nitrogens with one attached hydrogen (secondary N) is 2. The molecule has 1 aromatic rings. The van der Waals surface area contributed by atoms with E-state index in [1.807, 2.05) is 6.07 Å². The third kappa shape index (κ3) is 3.81. The molecule has 0 aliphatic carbocycles. The molecule has 3 aliphatic rings. The number of rotatable bonds is 4. The molecule has 2 unspecified atom stereocenters. The smallest absolute Gasteiger partial charge is 0.262 e. The van der Waals surface area contributed by atoms with Crippen molar-refractivity contribution >= 4 is 23.6 Å². The molecular formula is C20H24N4O5. The van der Waals surface area contributed by atoms with Gasteiger partial charge in [0, 0.05) is 25.6 Å². The van der Waals surface area contributed by atoms with Crippen molar-refractivity contribution in [3.05, 3.63) is 34.9 Å². The van der Waals surface area contributed by atoms with Gasteiger partial charge in [0.1, 0.15) is 6.04 Å². The second-order valence-corrected chi connectivity index (χ2v) is 7.75. The Morgan fingerprint density at radius 1 is 1.10 bits per heavy atom. The van der Waals surface area contributed by atoms with Crippen LogP contribution in [0.5, 0.6) is 0 Å². The van der Waals surface area contributed by atoms with E-state index in [0.29, 0.717) is 18.7 Å². The van der Waals surface area contributed by atoms with E-state index in [1.165, 1.54) is 0 Å². The minimum atomic E-state index is -0.953. The Kier molecular flexibility index (Phi) is 5.44. The maximum atomic E-state index is 12.9. The van der Waals surface area contributed by atoms with Gasteiger partial charge >= 0.3 is 0 Å². The molecule has 2 fully saturated rings. The number of piperidine rings is 1. The van der Waals surface area contributed by atoms with Gasteiger partial charge in [0.05, 0.1) is 17.7 Å². The molecule has 3 N–H and O–H groups in total. The topological polar surface area (TPSA) is 119 Å². The number of fused-ring (bicyclic) bond motifs is 1. The minimum Gasteiger partial charge on any atom is -0.395 e. The Morgan fingerprint density at radius 2 is 1.90 bits per heavy atom. The monoisotopic (exact) mass is 400 g/mol. The SMILES string of the molecule is O=C1CCC(N2C(=O)c3ccc(CN4CCCNC(CO)C4)cc3C2=O)C(=O)N1. The molecule has 3 aliphatic heterocycles. The van der Waals surface area contributed by atoms with Crippen LogP contribution in [0.15, 0.2) is 18.2 Å². The first-order valence-corrected chi connectivity index (χ1v) is 9.89. The standard InChI is InChI=1S/C20H24N4O5/c25-11-13-10-23(7-1-6-21-13)9-12-2-3-14-15(8-12)20(29)24(19(14)28)16-4-5-17(26)22-18(16)27/h2-3,8,13,16,21,25H,1,4-7,9-11H2,(H,22,26,27). The largest absolute Gasteiger partial charge is 0.395 e. The highest BCUT2D eigenvalue weighted by Crippen LogP contribution is 2.28. The van der Waals surface area contributed by atoms with Crippen LogP contribution in [0.4, 0.5) is 0 Å². The van der Waals surface area contributed by atoms with E-state index in [2.05, 4.69) is 15.5 Å². The molecule has 9 nitrogen and oxygen atoms in total. The first-order valence-electron chi connectivity index (χ1n) is 9.89. The zero-order valence-corrected chi connectivity index (χ0v) is 16.0. The summed E-state index contributed by atoms with van der Waals surface area (Å²) in [4.78, 5) is 52.4. The molecular weight excluding hydrogens is 376 g/mol. The Morgan fingerprint density at radius 3 is 2.66 bits per heavy atom. The molecule has 3 heterocycles. The molecule has 0 spiro atoms. The van der Waals surface area contributed by atoms with Gasteiger partial charge < -0.3 is 10.4 Å². The van der Waals surface area contributed by atoms with E-state index < -0.39 is 29.7 Å². The van der Waals surface area contributed by atoms with E-state index in [1.54, 1.807) is 12.1 Å². The quantitative estimate of drug-likeness (QED) is 0.569. The molecule has 4 amide bonds. The highest BCUT2D eigenvalue weighted by Gasteiger charge is 2.44. The van der Waals surface area contributed by atoms with Gasteiger partial charge in [0.15, 0.2) is 0 Å². The summed E-state index contributed by atoms with van der Waals surface area (Å²) in [6.07, 6.45) is 1.21. The lowest BCUT2D eigenvalue weighted by molar-refractivity contribution is -0.136. The fraction of sp³-hybridized carbons (Fsp3) is 0.500. The number of carbonyl (C=O) groups excluding carboxylic acids is 4. The summed E-state index contributed by atoms with van der Waals surface area (Å²) in [6.45, 7) is 3.08. The number of hydrogen-bond donors (Lipinski definition) is 3. The highest BCUT2D eigenvalue weighted by molar-refractivity contribution is 6.23. The number of aliphatic hydroxyl groups excluding tert-OH is 1. The predicted octanol–water partition coefficient (Wildman–Crippen LogP) is -0.756. The van der Waals surface area contributed by atoms with E-state index in [-0.39, 0.29) is 31.1 Å². The van der Waals surface area contributed by atoms with Crippen LogP contribution >= 0.6 is 0 Å². The molecule has 1 aromatic carbocycles. The molecule has 4 rings (SSSR count). The zero-order valence-electron chi connectivity index (χ0n) is 16.0. The molecule has 2 atom stereocenters. The summed E-state index contributed by atoms with van der Waals surface area (Å²) in [5, 5.41) is 14.9. The van der Waals surface area contributed by atoms with Gasteiger partial charge in [0.25, 0.3) is 11.8 Å². The van der Waals surface area contributed by atoms with Gasteiger partial charge in [-0.05, 0) is 43.6 Å². The normalized spacial score (nSPS) is 25.8. The van der Waals surface area contributed by atoms with Gasteiger partial charge in [-0.2, -0.15) is 0 Å². The van der Waals surface area contributed by atoms with E-state index >= 15 is 0 Å². The molecule has 0 saturated carbocycles. The number of imide groups is 2. The van der Waals surface area contributed by atoms with Crippen LogP contribution in [0, 0.1) is 0 Å². The van der Waals surface area contributed by atoms with Crippen molar-refractivity contribution < 1.29 is 24.3 Å². The van der Waals surface area contributed by atoms with Crippen LogP contribution < -0.4 is 10.6 Å². The maximum Gasteiger partial charge on any atom is 0.262 e. The fourth-order valence-corrected chi connectivity index (χ4v) is 4.22. The zero-order chi connectivity index (χ0) is 20.5. The second-order valence-electron chi connectivity index (χ2n) is 7.75. The van der Waals surface area contributed by atoms with Crippen molar-refractivity contribution in [1.29, 1.82) is 0 Å². The predicted molar refractivity (Wildman–Crippen MR) is 102 cm³/mol. The Labute approximate surface area is 168 Å². The number of aliphatic hydroxyl groups is 1. The molecule has 0 bridgehead atoms. The number of benzene rings is 1. The van der Waals surface area contributed by atoms with Crippen LogP contribution in [0.3, 0.4) is 0 Å². The molecule has 0 radical (unpaired) electrons. The van der Waals surface area contributed by atoms with Crippen molar-refractivity contribution in [2.75, 3.05) is 26.2 Å². The first kappa shape index (κ1) is 19.7. The van der Waals surface area contributed by atoms with Gasteiger partial charge in [0.2, 0.25) is 11.8 Å². The maximum absolute atomic E-state index is 12.9. The lowest BCUT2D eigenvalue weighted by Gasteiger charge is -2.27. The van der Waals surface area contributed by atoms with E-state index in [9.17, 15) is 24.3 Å².